The number of unbranched alkanes of at least 4 members (excludes halogenated alkanes) is 4. The SMILES string of the molecule is CCCCCNC(=O)C(c1ccccc1)N(CCCCC)C(=O)C(C)NC(=O)OC(C)(C)C. The van der Waals surface area contributed by atoms with Crippen LogP contribution < -0.4 is 10.6 Å². The van der Waals surface area contributed by atoms with E-state index in [1.165, 1.54) is 0 Å². The third kappa shape index (κ3) is 10.7. The molecule has 0 aliphatic carbocycles. The van der Waals surface area contributed by atoms with Crippen LogP contribution in [0.2, 0.25) is 0 Å². The smallest absolute Gasteiger partial charge is 0.408 e. The van der Waals surface area contributed by atoms with E-state index in [4.69, 9.17) is 4.74 Å². The van der Waals surface area contributed by atoms with Crippen LogP contribution in [-0.4, -0.2) is 47.5 Å². The molecule has 0 bridgehead atoms. The first kappa shape index (κ1) is 28.5. The number of benzene rings is 1. The zero-order valence-corrected chi connectivity index (χ0v) is 21.3. The first-order valence-corrected chi connectivity index (χ1v) is 12.2. The zero-order chi connectivity index (χ0) is 24.9. The number of carbonyl (C=O) groups is 3. The largest absolute Gasteiger partial charge is 0.444 e. The van der Waals surface area contributed by atoms with Crippen LogP contribution in [0.25, 0.3) is 0 Å². The summed E-state index contributed by atoms with van der Waals surface area (Å²) in [7, 11) is 0. The Labute approximate surface area is 199 Å². The molecule has 0 spiro atoms. The van der Waals surface area contributed by atoms with Gasteiger partial charge in [0.15, 0.2) is 0 Å². The van der Waals surface area contributed by atoms with Gasteiger partial charge in [0, 0.05) is 13.1 Å². The van der Waals surface area contributed by atoms with E-state index in [2.05, 4.69) is 24.5 Å². The number of amides is 3. The van der Waals surface area contributed by atoms with Crippen molar-refractivity contribution in [3.63, 3.8) is 0 Å². The van der Waals surface area contributed by atoms with Crippen molar-refractivity contribution in [2.45, 2.75) is 97.8 Å². The average molecular weight is 462 g/mol. The van der Waals surface area contributed by atoms with Crippen LogP contribution in [0.3, 0.4) is 0 Å². The van der Waals surface area contributed by atoms with Gasteiger partial charge in [0.1, 0.15) is 17.7 Å². The second-order valence-electron chi connectivity index (χ2n) is 9.42. The molecule has 2 atom stereocenters. The minimum atomic E-state index is -0.833. The second kappa shape index (κ2) is 14.6. The Morgan fingerprint density at radius 2 is 1.58 bits per heavy atom. The molecule has 0 saturated heterocycles. The average Bonchev–Trinajstić information content (AvgIpc) is 2.75. The standard InChI is InChI=1S/C26H43N3O4/c1-7-9-14-18-27-23(30)22(21-16-12-11-13-17-21)29(19-15-10-8-2)24(31)20(3)28-25(32)33-26(4,5)6/h11-13,16-17,20,22H,7-10,14-15,18-19H2,1-6H3,(H,27,30)(H,28,32). The van der Waals surface area contributed by atoms with Crippen molar-refractivity contribution < 1.29 is 19.1 Å². The van der Waals surface area contributed by atoms with Gasteiger partial charge in [-0.1, -0.05) is 69.9 Å². The predicted octanol–water partition coefficient (Wildman–Crippen LogP) is 4.97. The molecule has 1 aromatic carbocycles. The van der Waals surface area contributed by atoms with Crippen molar-refractivity contribution in [3.05, 3.63) is 35.9 Å². The Morgan fingerprint density at radius 3 is 2.15 bits per heavy atom. The van der Waals surface area contributed by atoms with E-state index < -0.39 is 23.8 Å². The van der Waals surface area contributed by atoms with E-state index in [-0.39, 0.29) is 11.8 Å². The van der Waals surface area contributed by atoms with Gasteiger partial charge in [-0.25, -0.2) is 4.79 Å². The van der Waals surface area contributed by atoms with E-state index in [1.807, 2.05) is 30.3 Å². The molecule has 2 unspecified atom stereocenters. The third-order valence-electron chi connectivity index (χ3n) is 5.14. The summed E-state index contributed by atoms with van der Waals surface area (Å²) in [5.74, 6) is -0.513. The lowest BCUT2D eigenvalue weighted by atomic mass is 10.0. The summed E-state index contributed by atoms with van der Waals surface area (Å²) in [6.45, 7) is 12.1. The fourth-order valence-corrected chi connectivity index (χ4v) is 3.48. The molecule has 2 N–H and O–H groups in total. The molecule has 0 aliphatic heterocycles. The quantitative estimate of drug-likeness (QED) is 0.406. The van der Waals surface area contributed by atoms with E-state index in [9.17, 15) is 14.4 Å². The molecule has 0 heterocycles. The highest BCUT2D eigenvalue weighted by Crippen LogP contribution is 2.23. The summed E-state index contributed by atoms with van der Waals surface area (Å²) < 4.78 is 5.31. The molecule has 186 valence electrons. The summed E-state index contributed by atoms with van der Waals surface area (Å²) in [5, 5.41) is 5.64. The zero-order valence-electron chi connectivity index (χ0n) is 21.3. The van der Waals surface area contributed by atoms with Crippen LogP contribution in [0.5, 0.6) is 0 Å². The number of carbonyl (C=O) groups excluding carboxylic acids is 3. The van der Waals surface area contributed by atoms with Gasteiger partial charge in [-0.2, -0.15) is 0 Å². The maximum atomic E-state index is 13.5. The molecule has 3 amide bonds. The number of ether oxygens (including phenoxy) is 1. The van der Waals surface area contributed by atoms with Crippen LogP contribution in [0, 0.1) is 0 Å². The predicted molar refractivity (Wildman–Crippen MR) is 132 cm³/mol. The number of hydrogen-bond acceptors (Lipinski definition) is 4. The lowest BCUT2D eigenvalue weighted by molar-refractivity contribution is -0.142. The first-order valence-electron chi connectivity index (χ1n) is 12.2. The van der Waals surface area contributed by atoms with E-state index >= 15 is 0 Å². The highest BCUT2D eigenvalue weighted by molar-refractivity contribution is 5.91. The molecule has 7 heteroatoms. The summed E-state index contributed by atoms with van der Waals surface area (Å²) in [6, 6.07) is 7.74. The maximum absolute atomic E-state index is 13.5. The number of nitrogens with zero attached hydrogens (tertiary/aromatic N) is 1. The number of rotatable bonds is 13. The minimum Gasteiger partial charge on any atom is -0.444 e. The minimum absolute atomic E-state index is 0.202. The van der Waals surface area contributed by atoms with Crippen LogP contribution >= 0.6 is 0 Å². The van der Waals surface area contributed by atoms with Crippen LogP contribution in [0.15, 0.2) is 30.3 Å². The Hall–Kier alpha value is -2.57. The fourth-order valence-electron chi connectivity index (χ4n) is 3.48. The van der Waals surface area contributed by atoms with Gasteiger partial charge in [-0.15, -0.1) is 0 Å². The highest BCUT2D eigenvalue weighted by atomic mass is 16.6. The van der Waals surface area contributed by atoms with Crippen LogP contribution in [0.1, 0.15) is 91.7 Å². The Bertz CT molecular complexity index is 731. The summed E-state index contributed by atoms with van der Waals surface area (Å²) in [4.78, 5) is 40.7. The fraction of sp³-hybridized carbons (Fsp3) is 0.654. The van der Waals surface area contributed by atoms with Gasteiger partial charge in [0.25, 0.3) is 0 Å². The number of hydrogen-bond donors (Lipinski definition) is 2. The molecular weight excluding hydrogens is 418 g/mol. The van der Waals surface area contributed by atoms with Crippen molar-refractivity contribution in [3.8, 4) is 0 Å². The molecule has 1 rings (SSSR count). The molecule has 0 aromatic heterocycles. The molecule has 0 saturated carbocycles. The van der Waals surface area contributed by atoms with Crippen LogP contribution in [-0.2, 0) is 14.3 Å². The van der Waals surface area contributed by atoms with Crippen molar-refractivity contribution in [1.82, 2.24) is 15.5 Å². The lowest BCUT2D eigenvalue weighted by Gasteiger charge is -2.33. The summed E-state index contributed by atoms with van der Waals surface area (Å²) in [5.41, 5.74) is 0.0818. The number of alkyl carbamates (subject to hydrolysis) is 1. The molecule has 0 aliphatic rings. The van der Waals surface area contributed by atoms with Gasteiger partial charge in [0.2, 0.25) is 11.8 Å². The summed E-state index contributed by atoms with van der Waals surface area (Å²) in [6.07, 6.45) is 5.04. The van der Waals surface area contributed by atoms with Crippen molar-refractivity contribution in [2.75, 3.05) is 13.1 Å². The van der Waals surface area contributed by atoms with Crippen LogP contribution in [0.4, 0.5) is 4.79 Å². The Kier molecular flexibility index (Phi) is 12.6. The molecule has 1 aromatic rings. The van der Waals surface area contributed by atoms with Gasteiger partial charge in [0.05, 0.1) is 0 Å². The monoisotopic (exact) mass is 461 g/mol. The topological polar surface area (TPSA) is 87.7 Å². The molecule has 0 fully saturated rings. The van der Waals surface area contributed by atoms with E-state index in [0.717, 1.165) is 44.1 Å². The van der Waals surface area contributed by atoms with Crippen molar-refractivity contribution in [1.29, 1.82) is 0 Å². The molecular formula is C26H43N3O4. The molecule has 7 nitrogen and oxygen atoms in total. The highest BCUT2D eigenvalue weighted by Gasteiger charge is 2.34. The molecule has 33 heavy (non-hydrogen) atoms. The number of nitrogens with one attached hydrogen (secondary N) is 2. The van der Waals surface area contributed by atoms with Gasteiger partial charge in [-0.3, -0.25) is 9.59 Å². The maximum Gasteiger partial charge on any atom is 0.408 e. The lowest BCUT2D eigenvalue weighted by Crippen LogP contribution is -2.52. The van der Waals surface area contributed by atoms with E-state index in [0.29, 0.717) is 13.1 Å². The van der Waals surface area contributed by atoms with Gasteiger partial charge >= 0.3 is 6.09 Å². The first-order chi connectivity index (χ1) is 15.6. The Balaban J connectivity index is 3.14. The molecule has 0 radical (unpaired) electrons. The normalized spacial score (nSPS) is 13.0. The third-order valence-corrected chi connectivity index (χ3v) is 5.14. The van der Waals surface area contributed by atoms with Crippen molar-refractivity contribution in [2.24, 2.45) is 0 Å². The Morgan fingerprint density at radius 1 is 0.970 bits per heavy atom. The van der Waals surface area contributed by atoms with Gasteiger partial charge in [-0.05, 0) is 46.1 Å². The summed E-state index contributed by atoms with van der Waals surface area (Å²) >= 11 is 0. The van der Waals surface area contributed by atoms with E-state index in [1.54, 1.807) is 32.6 Å². The van der Waals surface area contributed by atoms with Crippen molar-refractivity contribution >= 4 is 17.9 Å². The van der Waals surface area contributed by atoms with Gasteiger partial charge < -0.3 is 20.3 Å². The second-order valence-corrected chi connectivity index (χ2v) is 9.42.